The molecule has 10 heteroatoms. The van der Waals surface area contributed by atoms with Crippen LogP contribution >= 0.6 is 0 Å². The van der Waals surface area contributed by atoms with Gasteiger partial charge in [-0.2, -0.15) is 0 Å². The van der Waals surface area contributed by atoms with Crippen molar-refractivity contribution in [1.29, 1.82) is 0 Å². The molecule has 0 saturated carbocycles. The molecule has 0 aliphatic carbocycles. The summed E-state index contributed by atoms with van der Waals surface area (Å²) in [6, 6.07) is 12.9. The van der Waals surface area contributed by atoms with E-state index in [1.54, 1.807) is 37.6 Å². The van der Waals surface area contributed by atoms with Crippen LogP contribution in [-0.4, -0.2) is 35.9 Å². The van der Waals surface area contributed by atoms with E-state index in [-0.39, 0.29) is 11.6 Å². The van der Waals surface area contributed by atoms with E-state index in [9.17, 15) is 4.79 Å². The summed E-state index contributed by atoms with van der Waals surface area (Å²) in [6.45, 7) is 2.00. The van der Waals surface area contributed by atoms with Gasteiger partial charge in [0.05, 0.1) is 6.20 Å². The lowest BCUT2D eigenvalue weighted by molar-refractivity contribution is 0.102. The van der Waals surface area contributed by atoms with Crippen LogP contribution in [0.2, 0.25) is 0 Å². The average molecular weight is 401 g/mol. The van der Waals surface area contributed by atoms with Crippen LogP contribution in [0.1, 0.15) is 16.1 Å². The fourth-order valence-corrected chi connectivity index (χ4v) is 2.66. The lowest BCUT2D eigenvalue weighted by Crippen LogP contribution is -2.12. The molecule has 3 heterocycles. The summed E-state index contributed by atoms with van der Waals surface area (Å²) in [4.78, 5) is 24.9. The second-order valence-corrected chi connectivity index (χ2v) is 6.57. The maximum absolute atomic E-state index is 12.1. The molecule has 0 spiro atoms. The van der Waals surface area contributed by atoms with Gasteiger partial charge in [-0.15, -0.1) is 5.10 Å². The standard InChI is InChI=1S/C20H19N9O/c1-13-7-8-21-17(9-13)26-19-10-18(22-12-23-19)24-14-3-5-15(6-4-14)25-20(30)16-11-29(2)28-27-16/h3-12H,1-2H3,(H,25,30)(H2,21,22,23,24,26). The van der Waals surface area contributed by atoms with Crippen molar-refractivity contribution in [3.05, 3.63) is 72.4 Å². The van der Waals surface area contributed by atoms with E-state index in [1.807, 2.05) is 31.2 Å². The SMILES string of the molecule is Cc1ccnc(Nc2cc(Nc3ccc(NC(=O)c4cn(C)nn4)cc3)ncn2)c1. The number of aryl methyl sites for hydroxylation is 2. The molecular weight excluding hydrogens is 382 g/mol. The number of hydrogen-bond acceptors (Lipinski definition) is 8. The van der Waals surface area contributed by atoms with Crippen LogP contribution in [0.25, 0.3) is 0 Å². The van der Waals surface area contributed by atoms with E-state index in [0.717, 1.165) is 11.3 Å². The van der Waals surface area contributed by atoms with Gasteiger partial charge in [-0.3, -0.25) is 9.48 Å². The van der Waals surface area contributed by atoms with Gasteiger partial charge in [0.1, 0.15) is 23.8 Å². The van der Waals surface area contributed by atoms with Crippen molar-refractivity contribution in [3.8, 4) is 0 Å². The molecule has 1 amide bonds. The lowest BCUT2D eigenvalue weighted by Gasteiger charge is -2.09. The molecule has 0 unspecified atom stereocenters. The molecule has 150 valence electrons. The average Bonchev–Trinajstić information content (AvgIpc) is 3.16. The second kappa shape index (κ2) is 8.35. The zero-order valence-corrected chi connectivity index (χ0v) is 16.4. The summed E-state index contributed by atoms with van der Waals surface area (Å²) >= 11 is 0. The predicted molar refractivity (Wildman–Crippen MR) is 113 cm³/mol. The zero-order valence-electron chi connectivity index (χ0n) is 16.4. The fourth-order valence-electron chi connectivity index (χ4n) is 2.66. The molecule has 10 nitrogen and oxygen atoms in total. The molecule has 4 aromatic rings. The monoisotopic (exact) mass is 401 g/mol. The summed E-state index contributed by atoms with van der Waals surface area (Å²) in [6.07, 6.45) is 4.76. The van der Waals surface area contributed by atoms with Gasteiger partial charge < -0.3 is 16.0 Å². The van der Waals surface area contributed by atoms with Crippen LogP contribution in [-0.2, 0) is 7.05 Å². The van der Waals surface area contributed by atoms with Gasteiger partial charge in [0, 0.05) is 30.7 Å². The van der Waals surface area contributed by atoms with Gasteiger partial charge in [-0.25, -0.2) is 15.0 Å². The molecule has 0 bridgehead atoms. The Balaban J connectivity index is 1.40. The van der Waals surface area contributed by atoms with Crippen molar-refractivity contribution in [2.75, 3.05) is 16.0 Å². The molecule has 3 aromatic heterocycles. The van der Waals surface area contributed by atoms with Crippen LogP contribution in [0.15, 0.2) is 61.2 Å². The maximum atomic E-state index is 12.1. The molecule has 30 heavy (non-hydrogen) atoms. The first-order chi connectivity index (χ1) is 14.5. The van der Waals surface area contributed by atoms with Crippen molar-refractivity contribution in [1.82, 2.24) is 29.9 Å². The molecule has 1 aromatic carbocycles. The lowest BCUT2D eigenvalue weighted by atomic mass is 10.2. The van der Waals surface area contributed by atoms with Gasteiger partial charge in [-0.05, 0) is 48.9 Å². The number of pyridine rings is 1. The van der Waals surface area contributed by atoms with Crippen LogP contribution in [0.5, 0.6) is 0 Å². The van der Waals surface area contributed by atoms with Gasteiger partial charge >= 0.3 is 0 Å². The van der Waals surface area contributed by atoms with E-state index in [2.05, 4.69) is 41.2 Å². The van der Waals surface area contributed by atoms with Gasteiger partial charge in [0.2, 0.25) is 0 Å². The topological polar surface area (TPSA) is 123 Å². The Bertz CT molecular complexity index is 1170. The molecule has 0 fully saturated rings. The first-order valence-corrected chi connectivity index (χ1v) is 9.12. The summed E-state index contributed by atoms with van der Waals surface area (Å²) in [7, 11) is 1.70. The van der Waals surface area contributed by atoms with E-state index in [0.29, 0.717) is 23.1 Å². The number of benzene rings is 1. The van der Waals surface area contributed by atoms with E-state index < -0.39 is 0 Å². The van der Waals surface area contributed by atoms with Gasteiger partial charge in [0.15, 0.2) is 5.69 Å². The summed E-state index contributed by atoms with van der Waals surface area (Å²) < 4.78 is 1.47. The molecule has 0 radical (unpaired) electrons. The Morgan fingerprint density at radius 2 is 1.60 bits per heavy atom. The van der Waals surface area contributed by atoms with Crippen molar-refractivity contribution in [3.63, 3.8) is 0 Å². The van der Waals surface area contributed by atoms with Crippen molar-refractivity contribution in [2.24, 2.45) is 7.05 Å². The zero-order chi connectivity index (χ0) is 20.9. The minimum absolute atomic E-state index is 0.254. The minimum Gasteiger partial charge on any atom is -0.340 e. The summed E-state index contributed by atoms with van der Waals surface area (Å²) in [5.41, 5.74) is 2.81. The Morgan fingerprint density at radius 1 is 0.900 bits per heavy atom. The number of carbonyl (C=O) groups excluding carboxylic acids is 1. The highest BCUT2D eigenvalue weighted by atomic mass is 16.2. The Morgan fingerprint density at radius 3 is 2.30 bits per heavy atom. The number of amides is 1. The maximum Gasteiger partial charge on any atom is 0.277 e. The smallest absolute Gasteiger partial charge is 0.277 e. The highest BCUT2D eigenvalue weighted by molar-refractivity contribution is 6.02. The highest BCUT2D eigenvalue weighted by Crippen LogP contribution is 2.20. The van der Waals surface area contributed by atoms with Gasteiger partial charge in [-0.1, -0.05) is 5.21 Å². The first kappa shape index (κ1) is 19.0. The molecular formula is C20H19N9O. The van der Waals surface area contributed by atoms with Crippen LogP contribution in [0.3, 0.4) is 0 Å². The Hall–Kier alpha value is -4.34. The van der Waals surface area contributed by atoms with E-state index in [1.165, 1.54) is 11.0 Å². The van der Waals surface area contributed by atoms with E-state index in [4.69, 9.17) is 0 Å². The van der Waals surface area contributed by atoms with Crippen molar-refractivity contribution < 1.29 is 4.79 Å². The molecule has 0 aliphatic rings. The third-order valence-electron chi connectivity index (χ3n) is 4.09. The normalized spacial score (nSPS) is 10.5. The second-order valence-electron chi connectivity index (χ2n) is 6.57. The number of aromatic nitrogens is 6. The highest BCUT2D eigenvalue weighted by Gasteiger charge is 2.10. The summed E-state index contributed by atoms with van der Waals surface area (Å²) in [5, 5.41) is 16.7. The third kappa shape index (κ3) is 4.73. The quantitative estimate of drug-likeness (QED) is 0.451. The van der Waals surface area contributed by atoms with Crippen LogP contribution in [0.4, 0.5) is 28.8 Å². The number of rotatable bonds is 6. The molecule has 4 rings (SSSR count). The minimum atomic E-state index is -0.319. The first-order valence-electron chi connectivity index (χ1n) is 9.12. The molecule has 0 aliphatic heterocycles. The molecule has 3 N–H and O–H groups in total. The number of anilines is 5. The van der Waals surface area contributed by atoms with Crippen LogP contribution in [0, 0.1) is 6.92 Å². The van der Waals surface area contributed by atoms with Gasteiger partial charge in [0.25, 0.3) is 5.91 Å². The Labute approximate surface area is 172 Å². The number of nitrogens with one attached hydrogen (secondary N) is 3. The molecule has 0 saturated heterocycles. The van der Waals surface area contributed by atoms with E-state index >= 15 is 0 Å². The number of carbonyl (C=O) groups is 1. The number of nitrogens with zero attached hydrogens (tertiary/aromatic N) is 6. The fraction of sp³-hybridized carbons (Fsp3) is 0.100. The third-order valence-corrected chi connectivity index (χ3v) is 4.09. The largest absolute Gasteiger partial charge is 0.340 e. The summed E-state index contributed by atoms with van der Waals surface area (Å²) in [5.74, 6) is 1.64. The van der Waals surface area contributed by atoms with Crippen molar-refractivity contribution >= 4 is 34.7 Å². The number of hydrogen-bond donors (Lipinski definition) is 3. The van der Waals surface area contributed by atoms with Crippen molar-refractivity contribution in [2.45, 2.75) is 6.92 Å². The van der Waals surface area contributed by atoms with Crippen LogP contribution < -0.4 is 16.0 Å². The Kier molecular flexibility index (Phi) is 5.29. The molecule has 0 atom stereocenters. The predicted octanol–water partition coefficient (Wildman–Crippen LogP) is 3.05.